The highest BCUT2D eigenvalue weighted by atomic mass is 35.5. The maximum absolute atomic E-state index is 12.7. The van der Waals surface area contributed by atoms with Gasteiger partial charge in [0.1, 0.15) is 30.2 Å². The van der Waals surface area contributed by atoms with Crippen LogP contribution in [0.5, 0.6) is 5.75 Å². The summed E-state index contributed by atoms with van der Waals surface area (Å²) in [4.78, 5) is 13.1. The smallest absolute Gasteiger partial charge is 0.237 e. The monoisotopic (exact) mass is 287 g/mol. The molecule has 1 saturated heterocycles. The van der Waals surface area contributed by atoms with E-state index in [0.29, 0.717) is 32.1 Å². The molecule has 1 aromatic rings. The van der Waals surface area contributed by atoms with E-state index in [0.717, 1.165) is 0 Å². The van der Waals surface area contributed by atoms with Crippen LogP contribution in [0.2, 0.25) is 0 Å². The minimum absolute atomic E-state index is 0.0223. The van der Waals surface area contributed by atoms with Gasteiger partial charge in [-0.15, -0.1) is 11.6 Å². The van der Waals surface area contributed by atoms with Crippen molar-refractivity contribution in [2.24, 2.45) is 0 Å². The molecule has 0 aliphatic carbocycles. The van der Waals surface area contributed by atoms with Crippen LogP contribution in [0, 0.1) is 5.82 Å². The number of benzene rings is 1. The molecule has 1 aromatic carbocycles. The number of halogens is 2. The second kappa shape index (κ2) is 6.73. The maximum atomic E-state index is 12.7. The zero-order valence-corrected chi connectivity index (χ0v) is 11.1. The molecule has 0 saturated carbocycles. The Labute approximate surface area is 116 Å². The molecule has 0 spiro atoms. The second-order valence-corrected chi connectivity index (χ2v) is 4.50. The minimum atomic E-state index is -0.305. The standard InChI is InChI=1S/C13H15ClFNO3/c14-7-13(17)16-5-6-18-12(8-16)9-19-11-3-1-10(15)2-4-11/h1-4,12H,5-9H2. The Balaban J connectivity index is 1.82. The predicted octanol–water partition coefficient (Wildman–Crippen LogP) is 1.67. The van der Waals surface area contributed by atoms with Crippen LogP contribution in [-0.2, 0) is 9.53 Å². The van der Waals surface area contributed by atoms with Gasteiger partial charge in [-0.1, -0.05) is 0 Å². The molecular formula is C13H15ClFNO3. The van der Waals surface area contributed by atoms with Crippen LogP contribution in [0.3, 0.4) is 0 Å². The minimum Gasteiger partial charge on any atom is -0.491 e. The van der Waals surface area contributed by atoms with Gasteiger partial charge in [0.15, 0.2) is 0 Å². The zero-order valence-electron chi connectivity index (χ0n) is 10.4. The van der Waals surface area contributed by atoms with Gasteiger partial charge in [-0.25, -0.2) is 4.39 Å². The van der Waals surface area contributed by atoms with Crippen LogP contribution >= 0.6 is 11.6 Å². The van der Waals surface area contributed by atoms with E-state index in [-0.39, 0.29) is 23.7 Å². The lowest BCUT2D eigenvalue weighted by atomic mass is 10.3. The van der Waals surface area contributed by atoms with E-state index in [4.69, 9.17) is 21.1 Å². The third kappa shape index (κ3) is 4.08. The SMILES string of the molecule is O=C(CCl)N1CCOC(COc2ccc(F)cc2)C1. The summed E-state index contributed by atoms with van der Waals surface area (Å²) in [6.07, 6.45) is -0.189. The molecule has 1 aliphatic rings. The molecule has 0 aromatic heterocycles. The van der Waals surface area contributed by atoms with E-state index in [1.807, 2.05) is 0 Å². The molecule has 1 aliphatic heterocycles. The number of carbonyl (C=O) groups excluding carboxylic acids is 1. The molecule has 1 fully saturated rings. The van der Waals surface area contributed by atoms with Gasteiger partial charge in [-0.2, -0.15) is 0 Å². The van der Waals surface area contributed by atoms with Crippen molar-refractivity contribution in [1.29, 1.82) is 0 Å². The van der Waals surface area contributed by atoms with E-state index in [9.17, 15) is 9.18 Å². The van der Waals surface area contributed by atoms with Gasteiger partial charge in [0.25, 0.3) is 0 Å². The summed E-state index contributed by atoms with van der Waals surface area (Å²) in [6.45, 7) is 1.81. The van der Waals surface area contributed by atoms with E-state index >= 15 is 0 Å². The van der Waals surface area contributed by atoms with Crippen molar-refractivity contribution in [1.82, 2.24) is 4.90 Å². The predicted molar refractivity (Wildman–Crippen MR) is 68.9 cm³/mol. The molecule has 2 rings (SSSR count). The lowest BCUT2D eigenvalue weighted by molar-refractivity contribution is -0.137. The third-order valence-electron chi connectivity index (χ3n) is 2.86. The van der Waals surface area contributed by atoms with Gasteiger partial charge in [0, 0.05) is 6.54 Å². The highest BCUT2D eigenvalue weighted by Crippen LogP contribution is 2.13. The third-order valence-corrected chi connectivity index (χ3v) is 3.08. The maximum Gasteiger partial charge on any atom is 0.237 e. The lowest BCUT2D eigenvalue weighted by Gasteiger charge is -2.32. The number of hydrogen-bond donors (Lipinski definition) is 0. The van der Waals surface area contributed by atoms with Crippen LogP contribution in [0.25, 0.3) is 0 Å². The molecule has 19 heavy (non-hydrogen) atoms. The van der Waals surface area contributed by atoms with Gasteiger partial charge >= 0.3 is 0 Å². The van der Waals surface area contributed by atoms with E-state index in [1.165, 1.54) is 12.1 Å². The number of nitrogens with zero attached hydrogens (tertiary/aromatic N) is 1. The summed E-state index contributed by atoms with van der Waals surface area (Å²) in [5.41, 5.74) is 0. The summed E-state index contributed by atoms with van der Waals surface area (Å²) in [5.74, 6) is 0.147. The van der Waals surface area contributed by atoms with Gasteiger partial charge in [-0.05, 0) is 24.3 Å². The van der Waals surface area contributed by atoms with Gasteiger partial charge in [-0.3, -0.25) is 4.79 Å². The Hall–Kier alpha value is -1.33. The van der Waals surface area contributed by atoms with Crippen molar-refractivity contribution in [3.05, 3.63) is 30.1 Å². The Kier molecular flexibility index (Phi) is 4.99. The van der Waals surface area contributed by atoms with Gasteiger partial charge in [0.2, 0.25) is 5.91 Å². The molecule has 6 heteroatoms. The summed E-state index contributed by atoms with van der Waals surface area (Å²) < 4.78 is 23.7. The van der Waals surface area contributed by atoms with Crippen LogP contribution < -0.4 is 4.74 Å². The molecule has 0 N–H and O–H groups in total. The van der Waals surface area contributed by atoms with Crippen molar-refractivity contribution in [3.8, 4) is 5.75 Å². The first-order valence-corrected chi connectivity index (χ1v) is 6.56. The molecule has 1 amide bonds. The first-order chi connectivity index (χ1) is 9.19. The number of carbonyl (C=O) groups is 1. The first-order valence-electron chi connectivity index (χ1n) is 6.03. The summed E-state index contributed by atoms with van der Waals surface area (Å²) >= 11 is 5.52. The molecule has 1 atom stereocenters. The number of amides is 1. The first kappa shape index (κ1) is 14.1. The number of hydrogen-bond acceptors (Lipinski definition) is 3. The molecule has 0 radical (unpaired) electrons. The number of alkyl halides is 1. The molecular weight excluding hydrogens is 273 g/mol. The van der Waals surface area contributed by atoms with Crippen LogP contribution in [-0.4, -0.2) is 49.1 Å². The highest BCUT2D eigenvalue weighted by molar-refractivity contribution is 6.27. The Morgan fingerprint density at radius 1 is 1.47 bits per heavy atom. The number of morpholine rings is 1. The average molecular weight is 288 g/mol. The van der Waals surface area contributed by atoms with Crippen molar-refractivity contribution < 1.29 is 18.7 Å². The normalized spacial score (nSPS) is 19.3. The second-order valence-electron chi connectivity index (χ2n) is 4.23. The van der Waals surface area contributed by atoms with Crippen LogP contribution in [0.4, 0.5) is 4.39 Å². The fourth-order valence-corrected chi connectivity index (χ4v) is 2.02. The van der Waals surface area contributed by atoms with Crippen molar-refractivity contribution in [2.45, 2.75) is 6.10 Å². The molecule has 104 valence electrons. The molecule has 0 bridgehead atoms. The Bertz CT molecular complexity index is 426. The Morgan fingerprint density at radius 2 is 2.21 bits per heavy atom. The Morgan fingerprint density at radius 3 is 2.89 bits per heavy atom. The molecule has 1 heterocycles. The van der Waals surface area contributed by atoms with Crippen LogP contribution in [0.1, 0.15) is 0 Å². The zero-order chi connectivity index (χ0) is 13.7. The fraction of sp³-hybridized carbons (Fsp3) is 0.462. The van der Waals surface area contributed by atoms with Gasteiger partial charge < -0.3 is 14.4 Å². The molecule has 4 nitrogen and oxygen atoms in total. The summed E-state index contributed by atoms with van der Waals surface area (Å²) in [7, 11) is 0. The van der Waals surface area contributed by atoms with Crippen molar-refractivity contribution >= 4 is 17.5 Å². The topological polar surface area (TPSA) is 38.8 Å². The quantitative estimate of drug-likeness (QED) is 0.791. The highest BCUT2D eigenvalue weighted by Gasteiger charge is 2.24. The van der Waals surface area contributed by atoms with Crippen molar-refractivity contribution in [3.63, 3.8) is 0 Å². The van der Waals surface area contributed by atoms with Gasteiger partial charge in [0.05, 0.1) is 13.2 Å². The van der Waals surface area contributed by atoms with E-state index < -0.39 is 0 Å². The number of rotatable bonds is 4. The van der Waals surface area contributed by atoms with Crippen LogP contribution in [0.15, 0.2) is 24.3 Å². The largest absolute Gasteiger partial charge is 0.491 e. The van der Waals surface area contributed by atoms with Crippen molar-refractivity contribution in [2.75, 3.05) is 32.2 Å². The average Bonchev–Trinajstić information content (AvgIpc) is 2.46. The number of ether oxygens (including phenoxy) is 2. The summed E-state index contributed by atoms with van der Waals surface area (Å²) in [6, 6.07) is 5.78. The van der Waals surface area contributed by atoms with E-state index in [1.54, 1.807) is 17.0 Å². The fourth-order valence-electron chi connectivity index (χ4n) is 1.85. The van der Waals surface area contributed by atoms with E-state index in [2.05, 4.69) is 0 Å². The summed E-state index contributed by atoms with van der Waals surface area (Å²) in [5, 5.41) is 0. The molecule has 1 unspecified atom stereocenters. The lowest BCUT2D eigenvalue weighted by Crippen LogP contribution is -2.48.